The second-order valence-corrected chi connectivity index (χ2v) is 6.63. The standard InChI is InChI=1S/C18H26N4O2/c1-18(2,13-23)8-5-9-20-17(24)21-12-15-6-3-4-7-16(15)22-11-10-19-14-22/h3-4,6-7,10-11,14,23H,5,8-9,12-13H2,1-2H3,(H2,20,21,24). The third kappa shape index (κ3) is 5.38. The van der Waals surface area contributed by atoms with Crippen molar-refractivity contribution in [3.8, 4) is 5.69 Å². The highest BCUT2D eigenvalue weighted by atomic mass is 16.3. The zero-order chi connectivity index (χ0) is 17.4. The maximum absolute atomic E-state index is 11.9. The van der Waals surface area contributed by atoms with Crippen LogP contribution in [-0.4, -0.2) is 33.8 Å². The number of nitrogens with zero attached hydrogens (tertiary/aromatic N) is 2. The molecule has 0 unspecified atom stereocenters. The molecule has 0 aliphatic heterocycles. The van der Waals surface area contributed by atoms with Gasteiger partial charge in [-0.2, -0.15) is 0 Å². The second-order valence-electron chi connectivity index (χ2n) is 6.63. The van der Waals surface area contributed by atoms with Crippen LogP contribution in [0.5, 0.6) is 0 Å². The van der Waals surface area contributed by atoms with E-state index in [0.717, 1.165) is 24.1 Å². The lowest BCUT2D eigenvalue weighted by Crippen LogP contribution is -2.36. The van der Waals surface area contributed by atoms with Gasteiger partial charge in [0.15, 0.2) is 0 Å². The van der Waals surface area contributed by atoms with E-state index < -0.39 is 0 Å². The fourth-order valence-corrected chi connectivity index (χ4v) is 2.40. The summed E-state index contributed by atoms with van der Waals surface area (Å²) in [5.41, 5.74) is 1.93. The number of nitrogens with one attached hydrogen (secondary N) is 2. The molecule has 0 aliphatic carbocycles. The Morgan fingerprint density at radius 2 is 2.08 bits per heavy atom. The number of amides is 2. The number of aliphatic hydroxyl groups excluding tert-OH is 1. The molecule has 130 valence electrons. The highest BCUT2D eigenvalue weighted by Crippen LogP contribution is 2.20. The van der Waals surface area contributed by atoms with Gasteiger partial charge in [-0.15, -0.1) is 0 Å². The molecule has 1 aromatic carbocycles. The lowest BCUT2D eigenvalue weighted by atomic mass is 9.89. The van der Waals surface area contributed by atoms with E-state index >= 15 is 0 Å². The van der Waals surface area contributed by atoms with Crippen molar-refractivity contribution in [3.63, 3.8) is 0 Å². The molecule has 0 radical (unpaired) electrons. The van der Waals surface area contributed by atoms with Crippen molar-refractivity contribution >= 4 is 6.03 Å². The maximum Gasteiger partial charge on any atom is 0.315 e. The van der Waals surface area contributed by atoms with Crippen molar-refractivity contribution in [2.75, 3.05) is 13.2 Å². The molecule has 2 rings (SSSR count). The predicted molar refractivity (Wildman–Crippen MR) is 93.9 cm³/mol. The summed E-state index contributed by atoms with van der Waals surface area (Å²) in [5, 5.41) is 14.9. The molecule has 0 saturated carbocycles. The van der Waals surface area contributed by atoms with Crippen LogP contribution in [0.3, 0.4) is 0 Å². The fraction of sp³-hybridized carbons (Fsp3) is 0.444. The molecule has 0 spiro atoms. The zero-order valence-corrected chi connectivity index (χ0v) is 14.3. The number of hydrogen-bond donors (Lipinski definition) is 3. The number of aliphatic hydroxyl groups is 1. The molecule has 2 aromatic rings. The normalized spacial score (nSPS) is 11.3. The lowest BCUT2D eigenvalue weighted by Gasteiger charge is -2.21. The molecule has 0 atom stereocenters. The molecule has 0 bridgehead atoms. The lowest BCUT2D eigenvalue weighted by molar-refractivity contribution is 0.148. The van der Waals surface area contributed by atoms with E-state index in [0.29, 0.717) is 13.1 Å². The van der Waals surface area contributed by atoms with Gasteiger partial charge in [-0.1, -0.05) is 32.0 Å². The summed E-state index contributed by atoms with van der Waals surface area (Å²) in [6.07, 6.45) is 7.05. The first-order valence-electron chi connectivity index (χ1n) is 8.21. The molecule has 2 amide bonds. The van der Waals surface area contributed by atoms with Crippen LogP contribution >= 0.6 is 0 Å². The number of para-hydroxylation sites is 1. The quantitative estimate of drug-likeness (QED) is 0.651. The van der Waals surface area contributed by atoms with E-state index in [1.165, 1.54) is 0 Å². The first-order chi connectivity index (χ1) is 11.5. The Morgan fingerprint density at radius 1 is 1.29 bits per heavy atom. The van der Waals surface area contributed by atoms with Gasteiger partial charge < -0.3 is 20.3 Å². The Bertz CT molecular complexity index is 638. The summed E-state index contributed by atoms with van der Waals surface area (Å²) in [7, 11) is 0. The van der Waals surface area contributed by atoms with Gasteiger partial charge in [0.2, 0.25) is 0 Å². The zero-order valence-electron chi connectivity index (χ0n) is 14.3. The van der Waals surface area contributed by atoms with Gasteiger partial charge in [-0.3, -0.25) is 0 Å². The minimum absolute atomic E-state index is 0.0953. The van der Waals surface area contributed by atoms with Crippen molar-refractivity contribution in [3.05, 3.63) is 48.5 Å². The Kier molecular flexibility index (Phi) is 6.37. The van der Waals surface area contributed by atoms with Crippen LogP contribution in [-0.2, 0) is 6.54 Å². The van der Waals surface area contributed by atoms with Crippen LogP contribution in [0.2, 0.25) is 0 Å². The van der Waals surface area contributed by atoms with Crippen molar-refractivity contribution < 1.29 is 9.90 Å². The predicted octanol–water partition coefficient (Wildman–Crippen LogP) is 2.47. The Morgan fingerprint density at radius 3 is 2.79 bits per heavy atom. The van der Waals surface area contributed by atoms with E-state index in [4.69, 9.17) is 0 Å². The highest BCUT2D eigenvalue weighted by molar-refractivity contribution is 5.73. The maximum atomic E-state index is 11.9. The smallest absolute Gasteiger partial charge is 0.315 e. The Labute approximate surface area is 142 Å². The van der Waals surface area contributed by atoms with Crippen LogP contribution in [0.25, 0.3) is 5.69 Å². The largest absolute Gasteiger partial charge is 0.396 e. The summed E-state index contributed by atoms with van der Waals surface area (Å²) in [6.45, 7) is 5.23. The van der Waals surface area contributed by atoms with E-state index in [-0.39, 0.29) is 18.1 Å². The molecule has 24 heavy (non-hydrogen) atoms. The average molecular weight is 330 g/mol. The molecule has 6 nitrogen and oxygen atoms in total. The molecule has 0 saturated heterocycles. The molecular formula is C18H26N4O2. The minimum Gasteiger partial charge on any atom is -0.396 e. The van der Waals surface area contributed by atoms with Gasteiger partial charge in [0, 0.05) is 32.1 Å². The highest BCUT2D eigenvalue weighted by Gasteiger charge is 2.15. The number of rotatable bonds is 8. The summed E-state index contributed by atoms with van der Waals surface area (Å²) >= 11 is 0. The molecule has 3 N–H and O–H groups in total. The first-order valence-corrected chi connectivity index (χ1v) is 8.21. The van der Waals surface area contributed by atoms with Crippen molar-refractivity contribution in [1.82, 2.24) is 20.2 Å². The summed E-state index contributed by atoms with van der Waals surface area (Å²) in [4.78, 5) is 16.0. The van der Waals surface area contributed by atoms with Gasteiger partial charge in [-0.25, -0.2) is 9.78 Å². The molecule has 0 aliphatic rings. The molecule has 1 aromatic heterocycles. The fourth-order valence-electron chi connectivity index (χ4n) is 2.40. The van der Waals surface area contributed by atoms with Gasteiger partial charge in [0.25, 0.3) is 0 Å². The number of carbonyl (C=O) groups is 1. The van der Waals surface area contributed by atoms with Gasteiger partial charge in [0.1, 0.15) is 0 Å². The van der Waals surface area contributed by atoms with Crippen molar-refractivity contribution in [1.29, 1.82) is 0 Å². The average Bonchev–Trinajstić information content (AvgIpc) is 3.11. The van der Waals surface area contributed by atoms with Gasteiger partial charge in [0.05, 0.1) is 12.0 Å². The number of imidazole rings is 1. The number of hydrogen-bond acceptors (Lipinski definition) is 3. The van der Waals surface area contributed by atoms with E-state index in [1.54, 1.807) is 12.5 Å². The molecule has 6 heteroatoms. The molecular weight excluding hydrogens is 304 g/mol. The second kappa shape index (κ2) is 8.49. The third-order valence-electron chi connectivity index (χ3n) is 3.96. The van der Waals surface area contributed by atoms with Gasteiger partial charge >= 0.3 is 6.03 Å². The van der Waals surface area contributed by atoms with E-state index in [9.17, 15) is 9.90 Å². The van der Waals surface area contributed by atoms with Crippen LogP contribution in [0.4, 0.5) is 4.79 Å². The van der Waals surface area contributed by atoms with Crippen LogP contribution in [0.15, 0.2) is 43.0 Å². The topological polar surface area (TPSA) is 79.2 Å². The van der Waals surface area contributed by atoms with Crippen LogP contribution in [0, 0.1) is 5.41 Å². The first kappa shape index (κ1) is 18.0. The number of aromatic nitrogens is 2. The van der Waals surface area contributed by atoms with Crippen molar-refractivity contribution in [2.45, 2.75) is 33.2 Å². The SMILES string of the molecule is CC(C)(CO)CCCNC(=O)NCc1ccccc1-n1ccnc1. The van der Waals surface area contributed by atoms with Crippen LogP contribution < -0.4 is 10.6 Å². The van der Waals surface area contributed by atoms with Gasteiger partial charge in [-0.05, 0) is 29.9 Å². The molecule has 0 fully saturated rings. The van der Waals surface area contributed by atoms with Crippen LogP contribution in [0.1, 0.15) is 32.3 Å². The summed E-state index contributed by atoms with van der Waals surface area (Å²) in [6, 6.07) is 7.71. The summed E-state index contributed by atoms with van der Waals surface area (Å²) < 4.78 is 1.92. The minimum atomic E-state index is -0.183. The number of carbonyl (C=O) groups excluding carboxylic acids is 1. The number of urea groups is 1. The third-order valence-corrected chi connectivity index (χ3v) is 3.96. The Hall–Kier alpha value is -2.34. The van der Waals surface area contributed by atoms with Crippen molar-refractivity contribution in [2.24, 2.45) is 5.41 Å². The Balaban J connectivity index is 1.79. The monoisotopic (exact) mass is 330 g/mol. The van der Waals surface area contributed by atoms with E-state index in [1.807, 2.05) is 48.9 Å². The summed E-state index contributed by atoms with van der Waals surface area (Å²) in [5.74, 6) is 0. The number of benzene rings is 1. The van der Waals surface area contributed by atoms with E-state index in [2.05, 4.69) is 15.6 Å². The molecule has 1 heterocycles.